The van der Waals surface area contributed by atoms with Crippen LogP contribution in [0.15, 0.2) is 18.2 Å². The summed E-state index contributed by atoms with van der Waals surface area (Å²) in [6.45, 7) is -0.470. The van der Waals surface area contributed by atoms with E-state index in [0.717, 1.165) is 24.5 Å². The molecular formula is C14H18F2N2O5S2. The minimum absolute atomic E-state index is 0.0200. The van der Waals surface area contributed by atoms with E-state index < -0.39 is 55.7 Å². The van der Waals surface area contributed by atoms with Gasteiger partial charge in [0, 0.05) is 19.0 Å². The fourth-order valence-corrected chi connectivity index (χ4v) is 5.18. The lowest BCUT2D eigenvalue weighted by Crippen LogP contribution is -2.39. The maximum atomic E-state index is 13.9. The number of anilines is 1. The van der Waals surface area contributed by atoms with Crippen molar-refractivity contribution in [2.24, 2.45) is 0 Å². The fourth-order valence-electron chi connectivity index (χ4n) is 2.58. The lowest BCUT2D eigenvalue weighted by Gasteiger charge is -2.23. The van der Waals surface area contributed by atoms with E-state index in [9.17, 15) is 30.4 Å². The van der Waals surface area contributed by atoms with Gasteiger partial charge < -0.3 is 5.32 Å². The van der Waals surface area contributed by atoms with Crippen LogP contribution < -0.4 is 9.62 Å². The zero-order valence-corrected chi connectivity index (χ0v) is 15.0. The van der Waals surface area contributed by atoms with Gasteiger partial charge in [0.1, 0.15) is 5.69 Å². The Morgan fingerprint density at radius 2 is 1.92 bits per heavy atom. The van der Waals surface area contributed by atoms with Gasteiger partial charge in [-0.15, -0.1) is 0 Å². The minimum Gasteiger partial charge on any atom is -0.352 e. The van der Waals surface area contributed by atoms with Gasteiger partial charge in [-0.1, -0.05) is 6.07 Å². The van der Waals surface area contributed by atoms with Crippen LogP contribution in [0.5, 0.6) is 0 Å². The number of carbonyl (C=O) groups excluding carboxylic acids is 1. The Balaban J connectivity index is 2.08. The molecule has 1 aliphatic heterocycles. The Labute approximate surface area is 145 Å². The first-order chi connectivity index (χ1) is 11.5. The lowest BCUT2D eigenvalue weighted by atomic mass is 10.2. The Kier molecular flexibility index (Phi) is 5.67. The number of nitrogens with one attached hydrogen (secondary N) is 1. The average Bonchev–Trinajstić information content (AvgIpc) is 2.79. The average molecular weight is 396 g/mol. The molecule has 1 heterocycles. The maximum Gasteiger partial charge on any atom is 0.232 e. The molecule has 0 saturated carbocycles. The molecule has 1 N–H and O–H groups in total. The Hall–Kier alpha value is -1.75. The molecule has 1 atom stereocenters. The summed E-state index contributed by atoms with van der Waals surface area (Å²) in [6.07, 6.45) is 0.698. The van der Waals surface area contributed by atoms with E-state index in [1.54, 1.807) is 0 Å². The topological polar surface area (TPSA) is 101 Å². The highest BCUT2D eigenvalue weighted by molar-refractivity contribution is 7.92. The van der Waals surface area contributed by atoms with Gasteiger partial charge >= 0.3 is 0 Å². The summed E-state index contributed by atoms with van der Waals surface area (Å²) in [5, 5.41) is 2.49. The molecule has 0 aliphatic carbocycles. The maximum absolute atomic E-state index is 13.9. The van der Waals surface area contributed by atoms with Crippen molar-refractivity contribution in [2.45, 2.75) is 18.9 Å². The predicted molar refractivity (Wildman–Crippen MR) is 88.4 cm³/mol. The monoisotopic (exact) mass is 396 g/mol. The van der Waals surface area contributed by atoms with Gasteiger partial charge in [-0.3, -0.25) is 9.10 Å². The van der Waals surface area contributed by atoms with Gasteiger partial charge in [-0.2, -0.15) is 0 Å². The molecule has 0 bridgehead atoms. The van der Waals surface area contributed by atoms with Crippen molar-refractivity contribution in [3.8, 4) is 0 Å². The normalized spacial score (nSPS) is 19.6. The van der Waals surface area contributed by atoms with E-state index in [0.29, 0.717) is 4.31 Å². The van der Waals surface area contributed by atoms with Crippen molar-refractivity contribution in [2.75, 3.05) is 28.6 Å². The van der Waals surface area contributed by atoms with Crippen LogP contribution in [0.4, 0.5) is 14.5 Å². The number of sulfone groups is 1. The van der Waals surface area contributed by atoms with E-state index in [1.807, 2.05) is 0 Å². The quantitative estimate of drug-likeness (QED) is 0.751. The van der Waals surface area contributed by atoms with Crippen molar-refractivity contribution < 1.29 is 30.4 Å². The standard InChI is InChI=1S/C14H18F2N2O5S2/c1-24(20,21)18(14-11(15)3-2-4-12(14)16)7-5-13(19)17-10-6-8-25(22,23)9-10/h2-4,10H,5-9H2,1H3,(H,17,19). The number of para-hydroxylation sites is 1. The molecule has 2 rings (SSSR count). The van der Waals surface area contributed by atoms with Gasteiger partial charge in [0.25, 0.3) is 0 Å². The first kappa shape index (κ1) is 19.6. The highest BCUT2D eigenvalue weighted by Gasteiger charge is 2.30. The molecule has 1 aromatic rings. The summed E-state index contributed by atoms with van der Waals surface area (Å²) in [4.78, 5) is 11.9. The van der Waals surface area contributed by atoms with E-state index in [-0.39, 0.29) is 24.3 Å². The van der Waals surface area contributed by atoms with Gasteiger partial charge in [0.05, 0.1) is 17.8 Å². The summed E-state index contributed by atoms with van der Waals surface area (Å²) >= 11 is 0. The summed E-state index contributed by atoms with van der Waals surface area (Å²) in [7, 11) is -7.20. The molecule has 0 spiro atoms. The van der Waals surface area contributed by atoms with Gasteiger partial charge in [-0.05, 0) is 18.6 Å². The number of sulfonamides is 1. The number of benzene rings is 1. The zero-order valence-electron chi connectivity index (χ0n) is 13.4. The zero-order chi connectivity index (χ0) is 18.8. The lowest BCUT2D eigenvalue weighted by molar-refractivity contribution is -0.121. The third kappa shape index (κ3) is 5.11. The molecular weight excluding hydrogens is 378 g/mol. The molecule has 1 unspecified atom stereocenters. The SMILES string of the molecule is CS(=O)(=O)N(CCC(=O)NC1CCS(=O)(=O)C1)c1c(F)cccc1F. The Morgan fingerprint density at radius 1 is 1.32 bits per heavy atom. The first-order valence-electron chi connectivity index (χ1n) is 7.41. The smallest absolute Gasteiger partial charge is 0.232 e. The van der Waals surface area contributed by atoms with Gasteiger partial charge in [0.15, 0.2) is 21.5 Å². The Morgan fingerprint density at radius 3 is 2.40 bits per heavy atom. The van der Waals surface area contributed by atoms with Crippen LogP contribution in [0.1, 0.15) is 12.8 Å². The number of rotatable bonds is 6. The molecule has 1 aromatic carbocycles. The largest absolute Gasteiger partial charge is 0.352 e. The van der Waals surface area contributed by atoms with Crippen LogP contribution in [0.25, 0.3) is 0 Å². The van der Waals surface area contributed by atoms with Crippen molar-refractivity contribution in [1.82, 2.24) is 5.32 Å². The third-order valence-electron chi connectivity index (χ3n) is 3.73. The number of nitrogens with zero attached hydrogens (tertiary/aromatic N) is 1. The van der Waals surface area contributed by atoms with Crippen LogP contribution >= 0.6 is 0 Å². The molecule has 1 amide bonds. The molecule has 0 radical (unpaired) electrons. The number of carbonyl (C=O) groups is 1. The third-order valence-corrected chi connectivity index (χ3v) is 6.66. The second-order valence-electron chi connectivity index (χ2n) is 5.82. The molecule has 7 nitrogen and oxygen atoms in total. The van der Waals surface area contributed by atoms with Crippen molar-refractivity contribution in [3.05, 3.63) is 29.8 Å². The number of hydrogen-bond donors (Lipinski definition) is 1. The summed E-state index contributed by atoms with van der Waals surface area (Å²) in [5.74, 6) is -2.91. The molecule has 140 valence electrons. The molecule has 11 heteroatoms. The number of amides is 1. The summed E-state index contributed by atoms with van der Waals surface area (Å²) in [6, 6.07) is 2.40. The van der Waals surface area contributed by atoms with E-state index in [1.165, 1.54) is 0 Å². The predicted octanol–water partition coefficient (Wildman–Crippen LogP) is 0.424. The molecule has 0 aromatic heterocycles. The number of hydrogen-bond acceptors (Lipinski definition) is 5. The molecule has 1 fully saturated rings. The molecule has 1 aliphatic rings. The van der Waals surface area contributed by atoms with E-state index in [4.69, 9.17) is 0 Å². The second-order valence-corrected chi connectivity index (χ2v) is 9.96. The molecule has 25 heavy (non-hydrogen) atoms. The highest BCUT2D eigenvalue weighted by Crippen LogP contribution is 2.25. The van der Waals surface area contributed by atoms with E-state index >= 15 is 0 Å². The van der Waals surface area contributed by atoms with Crippen molar-refractivity contribution in [3.63, 3.8) is 0 Å². The molecule has 1 saturated heterocycles. The Bertz CT molecular complexity index is 851. The number of halogens is 2. The van der Waals surface area contributed by atoms with Crippen molar-refractivity contribution in [1.29, 1.82) is 0 Å². The summed E-state index contributed by atoms with van der Waals surface area (Å²) in [5.41, 5.74) is -0.749. The van der Waals surface area contributed by atoms with E-state index in [2.05, 4.69) is 5.32 Å². The fraction of sp³-hybridized carbons (Fsp3) is 0.500. The van der Waals surface area contributed by atoms with Crippen molar-refractivity contribution >= 4 is 31.5 Å². The van der Waals surface area contributed by atoms with Crippen LogP contribution in [0.3, 0.4) is 0 Å². The summed E-state index contributed by atoms with van der Waals surface area (Å²) < 4.78 is 74.6. The first-order valence-corrected chi connectivity index (χ1v) is 11.1. The van der Waals surface area contributed by atoms with Crippen LogP contribution in [0.2, 0.25) is 0 Å². The van der Waals surface area contributed by atoms with Gasteiger partial charge in [0.2, 0.25) is 15.9 Å². The van der Waals surface area contributed by atoms with Crippen LogP contribution in [-0.2, 0) is 24.7 Å². The highest BCUT2D eigenvalue weighted by atomic mass is 32.2. The second kappa shape index (κ2) is 7.24. The van der Waals surface area contributed by atoms with Crippen LogP contribution in [-0.4, -0.2) is 53.1 Å². The van der Waals surface area contributed by atoms with Crippen LogP contribution in [0, 0.1) is 11.6 Å². The van der Waals surface area contributed by atoms with Gasteiger partial charge in [-0.25, -0.2) is 25.6 Å². The minimum atomic E-state index is -4.03.